The molecule has 0 bridgehead atoms. The summed E-state index contributed by atoms with van der Waals surface area (Å²) in [7, 11) is -3.63. The van der Waals surface area contributed by atoms with Crippen LogP contribution in [0.15, 0.2) is 11.4 Å². The molecule has 1 aromatic rings. The summed E-state index contributed by atoms with van der Waals surface area (Å²) < 4.78 is 23.1. The van der Waals surface area contributed by atoms with Crippen LogP contribution in [-0.4, -0.2) is 35.2 Å². The summed E-state index contributed by atoms with van der Waals surface area (Å²) in [4.78, 5) is 17.6. The van der Waals surface area contributed by atoms with Gasteiger partial charge >= 0.3 is 5.97 Å². The molecule has 1 N–H and O–H groups in total. The predicted molar refractivity (Wildman–Crippen MR) is 56.3 cm³/mol. The maximum Gasteiger partial charge on any atom is 0.356 e. The molecular weight excluding hydrogens is 256 g/mol. The van der Waals surface area contributed by atoms with E-state index in [2.05, 4.69) is 9.97 Å². The van der Waals surface area contributed by atoms with Gasteiger partial charge in [0.25, 0.3) is 0 Å². The normalized spacial score (nSPS) is 11.4. The summed E-state index contributed by atoms with van der Waals surface area (Å²) in [5.74, 6) is -1.52. The average Bonchev–Trinajstić information content (AvgIpc) is 2.17. The van der Waals surface area contributed by atoms with Crippen molar-refractivity contribution in [1.82, 2.24) is 9.97 Å². The van der Waals surface area contributed by atoms with Crippen LogP contribution in [0.1, 0.15) is 23.8 Å². The van der Waals surface area contributed by atoms with Crippen LogP contribution >= 0.6 is 11.6 Å². The van der Waals surface area contributed by atoms with Crippen LogP contribution < -0.4 is 0 Å². The Kier molecular flexibility index (Phi) is 3.82. The smallest absolute Gasteiger partial charge is 0.356 e. The van der Waals surface area contributed by atoms with E-state index in [0.717, 1.165) is 6.20 Å². The summed E-state index contributed by atoms with van der Waals surface area (Å²) >= 11 is 5.52. The molecule has 0 aliphatic heterocycles. The van der Waals surface area contributed by atoms with E-state index in [-0.39, 0.29) is 10.8 Å². The molecule has 0 saturated heterocycles. The van der Waals surface area contributed by atoms with E-state index in [1.54, 1.807) is 6.92 Å². The number of nitrogens with zero attached hydrogens (tertiary/aromatic N) is 2. The van der Waals surface area contributed by atoms with Crippen LogP contribution in [0.4, 0.5) is 0 Å². The van der Waals surface area contributed by atoms with E-state index in [9.17, 15) is 13.2 Å². The Hall–Kier alpha value is -1.21. The second-order valence-corrected chi connectivity index (χ2v) is 5.38. The summed E-state index contributed by atoms with van der Waals surface area (Å²) in [6.45, 7) is 1.69. The van der Waals surface area contributed by atoms with Crippen molar-refractivity contribution in [2.75, 3.05) is 5.75 Å². The monoisotopic (exact) mass is 264 g/mol. The first kappa shape index (κ1) is 12.9. The molecule has 0 radical (unpaired) electrons. The summed E-state index contributed by atoms with van der Waals surface area (Å²) in [6.07, 6.45) is 1.37. The number of aromatic carboxylic acids is 1. The van der Waals surface area contributed by atoms with E-state index >= 15 is 0 Å². The van der Waals surface area contributed by atoms with Gasteiger partial charge in [-0.15, -0.1) is 0 Å². The van der Waals surface area contributed by atoms with Gasteiger partial charge in [0.15, 0.2) is 5.69 Å². The van der Waals surface area contributed by atoms with Crippen LogP contribution in [0.5, 0.6) is 0 Å². The van der Waals surface area contributed by atoms with Gasteiger partial charge in [-0.3, -0.25) is 0 Å². The topological polar surface area (TPSA) is 97.2 Å². The molecule has 1 aromatic heterocycles. The molecule has 0 unspecified atom stereocenters. The van der Waals surface area contributed by atoms with E-state index in [1.807, 2.05) is 0 Å². The predicted octanol–water partition coefficient (Wildman–Crippen LogP) is 1.01. The second kappa shape index (κ2) is 4.75. The number of carboxylic acids is 1. The third-order valence-electron chi connectivity index (χ3n) is 1.68. The van der Waals surface area contributed by atoms with Crippen molar-refractivity contribution in [3.63, 3.8) is 0 Å². The van der Waals surface area contributed by atoms with E-state index in [0.29, 0.717) is 6.42 Å². The highest BCUT2D eigenvalue weighted by Gasteiger charge is 2.21. The molecule has 0 amide bonds. The van der Waals surface area contributed by atoms with Crippen molar-refractivity contribution in [1.29, 1.82) is 0 Å². The summed E-state index contributed by atoms with van der Waals surface area (Å²) in [5, 5.41) is 8.02. The molecule has 88 valence electrons. The highest BCUT2D eigenvalue weighted by molar-refractivity contribution is 7.91. The third kappa shape index (κ3) is 2.67. The molecule has 0 fully saturated rings. The molecule has 1 heterocycles. The van der Waals surface area contributed by atoms with E-state index in [1.165, 1.54) is 0 Å². The Balaban J connectivity index is 3.28. The quantitative estimate of drug-likeness (QED) is 0.815. The first-order chi connectivity index (χ1) is 7.38. The standard InChI is InChI=1S/C8H9ClN2O4S/c1-2-3-16(14,15)8-10-4-5(9)6(11-8)7(12)13/h4H,2-3H2,1H3,(H,12,13). The molecule has 0 atom stereocenters. The maximum absolute atomic E-state index is 11.6. The highest BCUT2D eigenvalue weighted by Crippen LogP contribution is 2.15. The number of carbonyl (C=O) groups is 1. The lowest BCUT2D eigenvalue weighted by molar-refractivity contribution is 0.0689. The molecular formula is C8H9ClN2O4S. The largest absolute Gasteiger partial charge is 0.476 e. The van der Waals surface area contributed by atoms with Gasteiger partial charge in [0.05, 0.1) is 17.0 Å². The van der Waals surface area contributed by atoms with Gasteiger partial charge in [0, 0.05) is 0 Å². The van der Waals surface area contributed by atoms with Crippen molar-refractivity contribution in [3.8, 4) is 0 Å². The van der Waals surface area contributed by atoms with Gasteiger partial charge in [-0.1, -0.05) is 18.5 Å². The van der Waals surface area contributed by atoms with E-state index in [4.69, 9.17) is 16.7 Å². The fourth-order valence-electron chi connectivity index (χ4n) is 1.01. The lowest BCUT2D eigenvalue weighted by atomic mass is 10.4. The number of sulfone groups is 1. The van der Waals surface area contributed by atoms with Crippen molar-refractivity contribution >= 4 is 27.4 Å². The zero-order chi connectivity index (χ0) is 12.3. The highest BCUT2D eigenvalue weighted by atomic mass is 35.5. The Bertz CT molecular complexity index is 515. The lowest BCUT2D eigenvalue weighted by Crippen LogP contribution is -2.13. The number of carboxylic acid groups (broad SMARTS) is 1. The van der Waals surface area contributed by atoms with Crippen molar-refractivity contribution in [3.05, 3.63) is 16.9 Å². The van der Waals surface area contributed by atoms with Crippen LogP contribution in [0.3, 0.4) is 0 Å². The second-order valence-electron chi connectivity index (χ2n) is 2.97. The number of rotatable bonds is 4. The molecule has 16 heavy (non-hydrogen) atoms. The number of aromatic nitrogens is 2. The van der Waals surface area contributed by atoms with Crippen molar-refractivity contribution in [2.45, 2.75) is 18.5 Å². The maximum atomic E-state index is 11.6. The van der Waals surface area contributed by atoms with Crippen molar-refractivity contribution < 1.29 is 18.3 Å². The van der Waals surface area contributed by atoms with Gasteiger partial charge in [-0.2, -0.15) is 0 Å². The molecule has 1 rings (SSSR count). The summed E-state index contributed by atoms with van der Waals surface area (Å²) in [5.41, 5.74) is -0.508. The molecule has 6 nitrogen and oxygen atoms in total. The molecule has 0 aliphatic carbocycles. The number of hydrogen-bond donors (Lipinski definition) is 1. The van der Waals surface area contributed by atoms with Crippen molar-refractivity contribution in [2.24, 2.45) is 0 Å². The minimum absolute atomic E-state index is 0.131. The zero-order valence-corrected chi connectivity index (χ0v) is 9.92. The first-order valence-electron chi connectivity index (χ1n) is 4.37. The van der Waals surface area contributed by atoms with E-state index < -0.39 is 26.7 Å². The number of halogens is 1. The van der Waals surface area contributed by atoms with Gasteiger partial charge in [-0.05, 0) is 6.42 Å². The third-order valence-corrected chi connectivity index (χ3v) is 3.65. The molecule has 0 aliphatic rings. The Labute approximate surface area is 97.2 Å². The molecule has 0 saturated carbocycles. The van der Waals surface area contributed by atoms with Gasteiger partial charge in [0.2, 0.25) is 15.0 Å². The molecule has 0 spiro atoms. The van der Waals surface area contributed by atoms with Gasteiger partial charge in [0.1, 0.15) is 0 Å². The molecule has 8 heteroatoms. The Morgan fingerprint density at radius 3 is 2.69 bits per heavy atom. The molecule has 0 aromatic carbocycles. The zero-order valence-electron chi connectivity index (χ0n) is 8.34. The van der Waals surface area contributed by atoms with Crippen LogP contribution in [-0.2, 0) is 9.84 Å². The summed E-state index contributed by atoms with van der Waals surface area (Å²) in [6, 6.07) is 0. The fraction of sp³-hybridized carbons (Fsp3) is 0.375. The van der Waals surface area contributed by atoms with Crippen LogP contribution in [0.25, 0.3) is 0 Å². The fourth-order valence-corrected chi connectivity index (χ4v) is 2.35. The van der Waals surface area contributed by atoms with Gasteiger partial charge < -0.3 is 5.11 Å². The minimum Gasteiger partial charge on any atom is -0.476 e. The minimum atomic E-state index is -3.63. The Morgan fingerprint density at radius 2 is 2.19 bits per heavy atom. The lowest BCUT2D eigenvalue weighted by Gasteiger charge is -2.02. The SMILES string of the molecule is CCCS(=O)(=O)c1ncc(Cl)c(C(=O)O)n1. The Morgan fingerprint density at radius 1 is 1.56 bits per heavy atom. The van der Waals surface area contributed by atoms with Crippen LogP contribution in [0, 0.1) is 0 Å². The van der Waals surface area contributed by atoms with Crippen LogP contribution in [0.2, 0.25) is 5.02 Å². The van der Waals surface area contributed by atoms with Gasteiger partial charge in [-0.25, -0.2) is 23.2 Å². The first-order valence-corrected chi connectivity index (χ1v) is 6.40. The number of hydrogen-bond acceptors (Lipinski definition) is 5. The average molecular weight is 265 g/mol.